The topological polar surface area (TPSA) is 190 Å². The molecule has 0 bridgehead atoms. The molecule has 11 nitrogen and oxygen atoms in total. The van der Waals surface area contributed by atoms with Gasteiger partial charge in [-0.25, -0.2) is 0 Å². The average Bonchev–Trinajstić information content (AvgIpc) is 3.10. The van der Waals surface area contributed by atoms with Crippen LogP contribution in [-0.4, -0.2) is 76.0 Å². The molecule has 1 aliphatic heterocycles. The van der Waals surface area contributed by atoms with Crippen LogP contribution in [0.3, 0.4) is 0 Å². The fourth-order valence-electron chi connectivity index (χ4n) is 5.68. The first-order valence-electron chi connectivity index (χ1n) is 15.4. The number of para-hydroxylation sites is 1. The van der Waals surface area contributed by atoms with Crippen LogP contribution in [0.15, 0.2) is 109 Å². The molecule has 1 saturated heterocycles. The summed E-state index contributed by atoms with van der Waals surface area (Å²) in [6.07, 6.45) is -6.81. The van der Waals surface area contributed by atoms with Crippen LogP contribution in [-0.2, 0) is 9.53 Å². The highest BCUT2D eigenvalue weighted by Gasteiger charge is 2.45. The van der Waals surface area contributed by atoms with Crippen molar-refractivity contribution in [1.29, 1.82) is 5.41 Å². The molecule has 1 aliphatic rings. The van der Waals surface area contributed by atoms with Crippen LogP contribution in [0.5, 0.6) is 5.75 Å². The van der Waals surface area contributed by atoms with E-state index in [9.17, 15) is 25.2 Å². The molecule has 1 amide bonds. The highest BCUT2D eigenvalue weighted by Crippen LogP contribution is 2.33. The molecular formula is C36H40N4O7. The smallest absolute Gasteiger partial charge is 0.247 e. The molecule has 1 heterocycles. The summed E-state index contributed by atoms with van der Waals surface area (Å²) in [6, 6.07) is 32.6. The van der Waals surface area contributed by atoms with Crippen molar-refractivity contribution in [3.8, 4) is 5.75 Å². The van der Waals surface area contributed by atoms with Gasteiger partial charge >= 0.3 is 0 Å². The molecule has 0 aromatic heterocycles. The summed E-state index contributed by atoms with van der Waals surface area (Å²) in [5, 5.41) is 54.9. The lowest BCUT2D eigenvalue weighted by Crippen LogP contribution is -2.60. The SMILES string of the molecule is N=C(N)c1cccc(NC(C(=O)NCCC(c2ccccc2)c2ccccc2)c2ccccc2OC2OC(CO)C(O)C(O)C2O)c1. The van der Waals surface area contributed by atoms with Gasteiger partial charge in [0.25, 0.3) is 0 Å². The Morgan fingerprint density at radius 3 is 2.13 bits per heavy atom. The zero-order chi connectivity index (χ0) is 33.3. The predicted molar refractivity (Wildman–Crippen MR) is 177 cm³/mol. The van der Waals surface area contributed by atoms with Crippen LogP contribution in [0.2, 0.25) is 0 Å². The van der Waals surface area contributed by atoms with E-state index in [1.54, 1.807) is 48.5 Å². The molecule has 47 heavy (non-hydrogen) atoms. The number of aliphatic hydroxyl groups is 4. The Hall–Kier alpha value is -4.78. The summed E-state index contributed by atoms with van der Waals surface area (Å²) in [5.74, 6) is -0.298. The number of carbonyl (C=O) groups is 1. The second-order valence-corrected chi connectivity index (χ2v) is 11.4. The van der Waals surface area contributed by atoms with Crippen molar-refractivity contribution < 1.29 is 34.7 Å². The van der Waals surface area contributed by atoms with Crippen molar-refractivity contribution in [3.63, 3.8) is 0 Å². The van der Waals surface area contributed by atoms with Gasteiger partial charge < -0.3 is 46.3 Å². The zero-order valence-corrected chi connectivity index (χ0v) is 25.6. The van der Waals surface area contributed by atoms with Gasteiger partial charge in [0.2, 0.25) is 12.2 Å². The Kier molecular flexibility index (Phi) is 11.2. The third kappa shape index (κ3) is 8.15. The van der Waals surface area contributed by atoms with E-state index >= 15 is 0 Å². The first kappa shape index (κ1) is 33.6. The van der Waals surface area contributed by atoms with Crippen molar-refractivity contribution in [2.45, 2.75) is 49.1 Å². The number of nitrogens with one attached hydrogen (secondary N) is 3. The lowest BCUT2D eigenvalue weighted by molar-refractivity contribution is -0.277. The van der Waals surface area contributed by atoms with Crippen LogP contribution in [0.25, 0.3) is 0 Å². The molecule has 6 atom stereocenters. The summed E-state index contributed by atoms with van der Waals surface area (Å²) >= 11 is 0. The third-order valence-corrected chi connectivity index (χ3v) is 8.20. The number of amidine groups is 1. The van der Waals surface area contributed by atoms with E-state index in [4.69, 9.17) is 20.6 Å². The summed E-state index contributed by atoms with van der Waals surface area (Å²) in [7, 11) is 0. The molecule has 11 heteroatoms. The molecule has 1 fully saturated rings. The minimum absolute atomic E-state index is 0.0400. The van der Waals surface area contributed by atoms with Crippen molar-refractivity contribution in [3.05, 3.63) is 131 Å². The van der Waals surface area contributed by atoms with Gasteiger partial charge in [0, 0.05) is 29.3 Å². The Morgan fingerprint density at radius 1 is 0.851 bits per heavy atom. The van der Waals surface area contributed by atoms with E-state index in [0.29, 0.717) is 29.8 Å². The molecule has 246 valence electrons. The van der Waals surface area contributed by atoms with Gasteiger partial charge in [0.05, 0.1) is 6.61 Å². The Labute approximate surface area is 273 Å². The van der Waals surface area contributed by atoms with Crippen LogP contribution < -0.4 is 21.1 Å². The molecule has 4 aromatic carbocycles. The Morgan fingerprint density at radius 2 is 1.49 bits per heavy atom. The normalized spacial score (nSPS) is 21.5. The van der Waals surface area contributed by atoms with E-state index in [2.05, 4.69) is 34.9 Å². The third-order valence-electron chi connectivity index (χ3n) is 8.20. The first-order valence-corrected chi connectivity index (χ1v) is 15.4. The van der Waals surface area contributed by atoms with E-state index in [0.717, 1.165) is 11.1 Å². The number of nitrogen functional groups attached to an aromatic ring is 1. The van der Waals surface area contributed by atoms with Gasteiger partial charge in [-0.3, -0.25) is 10.2 Å². The quantitative estimate of drug-likeness (QED) is 0.0802. The van der Waals surface area contributed by atoms with Crippen LogP contribution in [0.1, 0.15) is 40.6 Å². The predicted octanol–water partition coefficient (Wildman–Crippen LogP) is 2.64. The maximum Gasteiger partial charge on any atom is 0.247 e. The van der Waals surface area contributed by atoms with Crippen molar-refractivity contribution in [1.82, 2.24) is 5.32 Å². The fourth-order valence-corrected chi connectivity index (χ4v) is 5.68. The number of hydrogen-bond acceptors (Lipinski definition) is 9. The number of nitrogens with two attached hydrogens (primary N) is 1. The summed E-state index contributed by atoms with van der Waals surface area (Å²) < 4.78 is 11.6. The van der Waals surface area contributed by atoms with E-state index in [1.165, 1.54) is 0 Å². The second kappa shape index (κ2) is 15.7. The van der Waals surface area contributed by atoms with Gasteiger partial charge in [-0.2, -0.15) is 0 Å². The molecule has 4 aromatic rings. The molecular weight excluding hydrogens is 600 g/mol. The molecule has 0 saturated carbocycles. The van der Waals surface area contributed by atoms with Crippen LogP contribution >= 0.6 is 0 Å². The van der Waals surface area contributed by atoms with Crippen molar-refractivity contribution in [2.24, 2.45) is 5.73 Å². The summed E-state index contributed by atoms with van der Waals surface area (Å²) in [5.41, 5.74) is 9.35. The molecule has 9 N–H and O–H groups in total. The van der Waals surface area contributed by atoms with Gasteiger partial charge in [-0.05, 0) is 35.7 Å². The standard InChI is InChI=1S/C36H40N4O7/c37-34(38)24-14-9-15-25(20-24)40-30(27-16-7-8-17-28(27)46-36-33(44)32(43)31(42)29(21-41)47-36)35(45)39-19-18-26(22-10-3-1-4-11-22)23-12-5-2-6-13-23/h1-17,20,26,29-33,36,40-44H,18-19,21H2,(H3,37,38)(H,39,45). The average molecular weight is 641 g/mol. The second-order valence-electron chi connectivity index (χ2n) is 11.4. The number of anilines is 1. The van der Waals surface area contributed by atoms with Crippen LogP contribution in [0, 0.1) is 5.41 Å². The maximum absolute atomic E-state index is 14.0. The number of rotatable bonds is 13. The van der Waals surface area contributed by atoms with Gasteiger partial charge in [0.15, 0.2) is 0 Å². The van der Waals surface area contributed by atoms with Crippen molar-refractivity contribution >= 4 is 17.4 Å². The number of carbonyl (C=O) groups excluding carboxylic acids is 1. The Balaban J connectivity index is 1.41. The van der Waals surface area contributed by atoms with Gasteiger partial charge in [-0.1, -0.05) is 91.0 Å². The minimum Gasteiger partial charge on any atom is -0.462 e. The fraction of sp³-hybridized carbons (Fsp3) is 0.278. The summed E-state index contributed by atoms with van der Waals surface area (Å²) in [6.45, 7) is -0.271. The number of ether oxygens (including phenoxy) is 2. The molecule has 0 aliphatic carbocycles. The molecule has 0 spiro atoms. The zero-order valence-electron chi connectivity index (χ0n) is 25.6. The molecule has 5 rings (SSSR count). The van der Waals surface area contributed by atoms with Crippen molar-refractivity contribution in [2.75, 3.05) is 18.5 Å². The Bertz CT molecular complexity index is 1580. The minimum atomic E-state index is -1.64. The highest BCUT2D eigenvalue weighted by molar-refractivity contribution is 5.96. The van der Waals surface area contributed by atoms with E-state index in [1.807, 2.05) is 36.4 Å². The van der Waals surface area contributed by atoms with E-state index < -0.39 is 43.4 Å². The number of amides is 1. The molecule has 6 unspecified atom stereocenters. The van der Waals surface area contributed by atoms with Gasteiger partial charge in [0.1, 0.15) is 42.0 Å². The van der Waals surface area contributed by atoms with Gasteiger partial charge in [-0.15, -0.1) is 0 Å². The lowest BCUT2D eigenvalue weighted by atomic mass is 9.88. The first-order chi connectivity index (χ1) is 22.8. The maximum atomic E-state index is 14.0. The van der Waals surface area contributed by atoms with Crippen LogP contribution in [0.4, 0.5) is 5.69 Å². The monoisotopic (exact) mass is 640 g/mol. The largest absolute Gasteiger partial charge is 0.462 e. The number of aliphatic hydroxyl groups excluding tert-OH is 4. The lowest BCUT2D eigenvalue weighted by Gasteiger charge is -2.40. The number of benzene rings is 4. The highest BCUT2D eigenvalue weighted by atomic mass is 16.7. The molecule has 0 radical (unpaired) electrons. The number of hydrogen-bond donors (Lipinski definition) is 8. The van der Waals surface area contributed by atoms with E-state index in [-0.39, 0.29) is 23.4 Å². The summed E-state index contributed by atoms with van der Waals surface area (Å²) in [4.78, 5) is 14.0.